The number of hydrogen-bond donors (Lipinski definition) is 1. The number of halogens is 3. The van der Waals surface area contributed by atoms with Crippen molar-refractivity contribution in [3.8, 4) is 5.75 Å². The largest absolute Gasteiger partial charge is 0.495 e. The fraction of sp³-hybridized carbons (Fsp3) is 0.333. The SMILES string of the molecule is COc1ccc(N(CC(=O)N(Cc2ccc(Cl)cc2Cl)C(C)C(=O)NC(C)(C)C)S(=O)(=O)c2ccc(C)cc2)cc1Cl. The van der Waals surface area contributed by atoms with Crippen LogP contribution in [0.5, 0.6) is 5.75 Å². The summed E-state index contributed by atoms with van der Waals surface area (Å²) in [5, 5.41) is 3.75. The molecule has 0 bridgehead atoms. The molecule has 3 aromatic carbocycles. The number of carbonyl (C=O) groups excluding carboxylic acids is 2. The van der Waals surface area contributed by atoms with E-state index in [4.69, 9.17) is 39.5 Å². The summed E-state index contributed by atoms with van der Waals surface area (Å²) in [6.07, 6.45) is 0. The molecule has 0 aliphatic carbocycles. The Morgan fingerprint density at radius 2 is 1.60 bits per heavy atom. The van der Waals surface area contributed by atoms with Crippen LogP contribution < -0.4 is 14.4 Å². The number of amides is 2. The normalized spacial score (nSPS) is 12.4. The summed E-state index contributed by atoms with van der Waals surface area (Å²) in [7, 11) is -2.82. The van der Waals surface area contributed by atoms with Crippen molar-refractivity contribution in [2.75, 3.05) is 18.0 Å². The maximum atomic E-state index is 14.1. The van der Waals surface area contributed by atoms with Crippen LogP contribution in [0.1, 0.15) is 38.8 Å². The minimum Gasteiger partial charge on any atom is -0.495 e. The Morgan fingerprint density at radius 1 is 0.952 bits per heavy atom. The van der Waals surface area contributed by atoms with Crippen LogP contribution in [0.15, 0.2) is 65.6 Å². The molecule has 0 aliphatic heterocycles. The fourth-order valence-electron chi connectivity index (χ4n) is 4.07. The van der Waals surface area contributed by atoms with Crippen LogP contribution in [0.3, 0.4) is 0 Å². The molecule has 1 unspecified atom stereocenters. The van der Waals surface area contributed by atoms with Crippen LogP contribution in [-0.2, 0) is 26.2 Å². The zero-order valence-electron chi connectivity index (χ0n) is 24.2. The molecule has 8 nitrogen and oxygen atoms in total. The van der Waals surface area contributed by atoms with Crippen LogP contribution in [0.2, 0.25) is 15.1 Å². The summed E-state index contributed by atoms with van der Waals surface area (Å²) in [6, 6.07) is 14.5. The van der Waals surface area contributed by atoms with Crippen LogP contribution in [-0.4, -0.2) is 50.4 Å². The minimum atomic E-state index is -4.25. The van der Waals surface area contributed by atoms with Crippen LogP contribution in [0, 0.1) is 6.92 Å². The topological polar surface area (TPSA) is 96.0 Å². The van der Waals surface area contributed by atoms with E-state index < -0.39 is 40.0 Å². The first-order valence-electron chi connectivity index (χ1n) is 13.0. The third-order valence-electron chi connectivity index (χ3n) is 6.33. The molecule has 0 radical (unpaired) electrons. The number of methoxy groups -OCH3 is 1. The van der Waals surface area contributed by atoms with Gasteiger partial charge in [-0.2, -0.15) is 0 Å². The van der Waals surface area contributed by atoms with E-state index in [0.717, 1.165) is 9.87 Å². The van der Waals surface area contributed by atoms with Crippen LogP contribution in [0.25, 0.3) is 0 Å². The Bertz CT molecular complexity index is 1560. The summed E-state index contributed by atoms with van der Waals surface area (Å²) in [5.41, 5.74) is 0.976. The number of hydrogen-bond acceptors (Lipinski definition) is 5. The van der Waals surface area contributed by atoms with E-state index in [9.17, 15) is 18.0 Å². The van der Waals surface area contributed by atoms with E-state index in [0.29, 0.717) is 21.4 Å². The average molecular weight is 655 g/mol. The standard InChI is InChI=1S/C30H34Cl3N3O5S/c1-19-7-12-24(13-8-19)42(39,40)36(23-11-14-27(41-6)26(33)16-23)18-28(37)35(20(2)29(38)34-30(3,4)5)17-21-9-10-22(31)15-25(21)32/h7-16,20H,17-18H2,1-6H3,(H,34,38). The first-order valence-corrected chi connectivity index (χ1v) is 15.6. The van der Waals surface area contributed by atoms with E-state index in [2.05, 4.69) is 5.32 Å². The van der Waals surface area contributed by atoms with Gasteiger partial charge in [-0.3, -0.25) is 13.9 Å². The zero-order chi connectivity index (χ0) is 31.4. The van der Waals surface area contributed by atoms with Crippen molar-refractivity contribution in [1.82, 2.24) is 10.2 Å². The van der Waals surface area contributed by atoms with Crippen molar-refractivity contribution in [2.24, 2.45) is 0 Å². The summed E-state index contributed by atoms with van der Waals surface area (Å²) in [6.45, 7) is 8.18. The molecular formula is C30H34Cl3N3O5S. The highest BCUT2D eigenvalue weighted by molar-refractivity contribution is 7.92. The third kappa shape index (κ3) is 8.31. The number of aryl methyl sites for hydroxylation is 1. The Hall–Kier alpha value is -2.98. The molecule has 1 N–H and O–H groups in total. The van der Waals surface area contributed by atoms with Gasteiger partial charge in [-0.25, -0.2) is 8.42 Å². The van der Waals surface area contributed by atoms with Crippen molar-refractivity contribution in [3.63, 3.8) is 0 Å². The second-order valence-corrected chi connectivity index (χ2v) is 13.9. The van der Waals surface area contributed by atoms with E-state index in [1.54, 1.807) is 31.2 Å². The number of carbonyl (C=O) groups is 2. The molecule has 12 heteroatoms. The first kappa shape index (κ1) is 33.5. The van der Waals surface area contributed by atoms with Gasteiger partial charge in [0.2, 0.25) is 11.8 Å². The Morgan fingerprint density at radius 3 is 2.14 bits per heavy atom. The van der Waals surface area contributed by atoms with Crippen LogP contribution >= 0.6 is 34.8 Å². The van der Waals surface area contributed by atoms with Gasteiger partial charge in [0.15, 0.2) is 0 Å². The molecule has 3 rings (SSSR count). The molecular weight excluding hydrogens is 621 g/mol. The number of nitrogens with zero attached hydrogens (tertiary/aromatic N) is 2. The minimum absolute atomic E-state index is 0.0151. The predicted molar refractivity (Wildman–Crippen MR) is 168 cm³/mol. The van der Waals surface area contributed by atoms with Gasteiger partial charge < -0.3 is 15.0 Å². The van der Waals surface area contributed by atoms with Gasteiger partial charge in [0, 0.05) is 22.1 Å². The lowest BCUT2D eigenvalue weighted by atomic mass is 10.1. The zero-order valence-corrected chi connectivity index (χ0v) is 27.3. The van der Waals surface area contributed by atoms with Gasteiger partial charge in [0.25, 0.3) is 10.0 Å². The molecule has 42 heavy (non-hydrogen) atoms. The quantitative estimate of drug-likeness (QED) is 0.270. The number of sulfonamides is 1. The molecule has 0 fully saturated rings. The lowest BCUT2D eigenvalue weighted by Crippen LogP contribution is -2.54. The maximum absolute atomic E-state index is 14.1. The highest BCUT2D eigenvalue weighted by Crippen LogP contribution is 2.32. The first-order chi connectivity index (χ1) is 19.5. The summed E-state index contributed by atoms with van der Waals surface area (Å²) >= 11 is 18.9. The maximum Gasteiger partial charge on any atom is 0.264 e. The highest BCUT2D eigenvalue weighted by atomic mass is 35.5. The van der Waals surface area contributed by atoms with E-state index in [1.165, 1.54) is 48.4 Å². The van der Waals surface area contributed by atoms with Gasteiger partial charge in [-0.15, -0.1) is 0 Å². The van der Waals surface area contributed by atoms with Crippen LogP contribution in [0.4, 0.5) is 5.69 Å². The number of nitrogens with one attached hydrogen (secondary N) is 1. The molecule has 2 amide bonds. The van der Waals surface area contributed by atoms with Crippen molar-refractivity contribution in [2.45, 2.75) is 57.6 Å². The highest BCUT2D eigenvalue weighted by Gasteiger charge is 2.34. The van der Waals surface area contributed by atoms with Crippen molar-refractivity contribution in [3.05, 3.63) is 86.9 Å². The molecule has 3 aromatic rings. The van der Waals surface area contributed by atoms with E-state index >= 15 is 0 Å². The monoisotopic (exact) mass is 653 g/mol. The lowest BCUT2D eigenvalue weighted by molar-refractivity contribution is -0.140. The van der Waals surface area contributed by atoms with Gasteiger partial charge in [0.1, 0.15) is 18.3 Å². The van der Waals surface area contributed by atoms with E-state index in [-0.39, 0.29) is 22.2 Å². The molecule has 1 atom stereocenters. The molecule has 0 aromatic heterocycles. The number of ether oxygens (including phenoxy) is 1. The van der Waals surface area contributed by atoms with Gasteiger partial charge in [-0.05, 0) is 82.6 Å². The fourth-order valence-corrected chi connectivity index (χ4v) is 6.19. The summed E-state index contributed by atoms with van der Waals surface area (Å²) < 4.78 is 34.1. The lowest BCUT2D eigenvalue weighted by Gasteiger charge is -2.33. The van der Waals surface area contributed by atoms with Gasteiger partial charge in [-0.1, -0.05) is 58.6 Å². The van der Waals surface area contributed by atoms with Gasteiger partial charge in [0.05, 0.1) is 22.7 Å². The van der Waals surface area contributed by atoms with Gasteiger partial charge >= 0.3 is 0 Å². The average Bonchev–Trinajstić information content (AvgIpc) is 2.90. The molecule has 0 spiro atoms. The Labute approximate surface area is 262 Å². The Balaban J connectivity index is 2.10. The predicted octanol–water partition coefficient (Wildman–Crippen LogP) is 6.49. The Kier molecular flexibility index (Phi) is 10.8. The van der Waals surface area contributed by atoms with E-state index in [1.807, 2.05) is 27.7 Å². The number of benzene rings is 3. The summed E-state index contributed by atoms with van der Waals surface area (Å²) in [5.74, 6) is -0.715. The number of rotatable bonds is 10. The third-order valence-corrected chi connectivity index (χ3v) is 9.00. The smallest absolute Gasteiger partial charge is 0.264 e. The van der Waals surface area contributed by atoms with Crippen molar-refractivity contribution in [1.29, 1.82) is 0 Å². The summed E-state index contributed by atoms with van der Waals surface area (Å²) in [4.78, 5) is 28.6. The number of anilines is 1. The molecule has 0 saturated heterocycles. The second kappa shape index (κ2) is 13.5. The molecule has 0 saturated carbocycles. The van der Waals surface area contributed by atoms with Crippen molar-refractivity contribution >= 4 is 62.3 Å². The molecule has 0 aliphatic rings. The second-order valence-electron chi connectivity index (χ2n) is 10.8. The molecule has 0 heterocycles. The van der Waals surface area contributed by atoms with Crippen molar-refractivity contribution < 1.29 is 22.7 Å². The molecule has 226 valence electrons.